The van der Waals surface area contributed by atoms with Crippen LogP contribution in [0.3, 0.4) is 0 Å². The quantitative estimate of drug-likeness (QED) is 0.829. The van der Waals surface area contributed by atoms with E-state index in [1.165, 1.54) is 5.56 Å². The largest absolute Gasteiger partial charge is 0.480 e. The third kappa shape index (κ3) is 2.72. The van der Waals surface area contributed by atoms with Crippen molar-refractivity contribution in [2.75, 3.05) is 5.32 Å². The monoisotopic (exact) mass is 335 g/mol. The number of aryl methyl sites for hydroxylation is 1. The van der Waals surface area contributed by atoms with Crippen molar-refractivity contribution < 1.29 is 9.90 Å². The van der Waals surface area contributed by atoms with E-state index in [1.807, 2.05) is 18.2 Å². The minimum atomic E-state index is -0.779. The van der Waals surface area contributed by atoms with E-state index in [2.05, 4.69) is 21.2 Å². The molecule has 15 heavy (non-hydrogen) atoms. The highest BCUT2D eigenvalue weighted by Crippen LogP contribution is 2.27. The van der Waals surface area contributed by atoms with E-state index in [1.54, 1.807) is 0 Å². The van der Waals surface area contributed by atoms with Gasteiger partial charge in [-0.05, 0) is 36.6 Å². The molecule has 82 valence electrons. The van der Waals surface area contributed by atoms with Crippen LogP contribution in [0.1, 0.15) is 12.0 Å². The molecule has 1 aromatic rings. The lowest BCUT2D eigenvalue weighted by atomic mass is 9.98. The maximum Gasteiger partial charge on any atom is 0.326 e. The van der Waals surface area contributed by atoms with Gasteiger partial charge in [-0.15, -0.1) is 17.0 Å². The Balaban J connectivity index is 0.00000112. The number of nitrogens with one attached hydrogen (secondary N) is 1. The number of carboxylic acids is 1. The minimum Gasteiger partial charge on any atom is -0.480 e. The molecule has 1 aliphatic heterocycles. The molecule has 3 nitrogen and oxygen atoms in total. The van der Waals surface area contributed by atoms with E-state index >= 15 is 0 Å². The summed E-state index contributed by atoms with van der Waals surface area (Å²) in [5.74, 6) is -0.779. The van der Waals surface area contributed by atoms with Crippen molar-refractivity contribution >= 4 is 44.6 Å². The highest BCUT2D eigenvalue weighted by Gasteiger charge is 2.22. The molecule has 1 atom stereocenters. The molecule has 1 heterocycles. The van der Waals surface area contributed by atoms with E-state index in [0.717, 1.165) is 16.6 Å². The molecule has 1 unspecified atom stereocenters. The molecular weight excluding hydrogens is 326 g/mol. The molecule has 0 saturated heterocycles. The van der Waals surface area contributed by atoms with Gasteiger partial charge in [0.25, 0.3) is 0 Å². The predicted octanol–water partition coefficient (Wildman–Crippen LogP) is 2.84. The lowest BCUT2D eigenvalue weighted by Crippen LogP contribution is -2.33. The molecule has 0 fully saturated rings. The lowest BCUT2D eigenvalue weighted by Gasteiger charge is -2.23. The molecule has 1 aromatic carbocycles. The predicted molar refractivity (Wildman–Crippen MR) is 67.8 cm³/mol. The zero-order chi connectivity index (χ0) is 10.1. The third-order valence-corrected chi connectivity index (χ3v) is 2.89. The second-order valence-corrected chi connectivity index (χ2v) is 4.29. The van der Waals surface area contributed by atoms with Gasteiger partial charge < -0.3 is 10.4 Å². The van der Waals surface area contributed by atoms with Crippen LogP contribution >= 0.6 is 32.9 Å². The fourth-order valence-electron chi connectivity index (χ4n) is 1.65. The lowest BCUT2D eigenvalue weighted by molar-refractivity contribution is -0.138. The Kier molecular flexibility index (Phi) is 4.16. The van der Waals surface area contributed by atoms with Crippen molar-refractivity contribution in [2.45, 2.75) is 18.9 Å². The summed E-state index contributed by atoms with van der Waals surface area (Å²) in [7, 11) is 0. The van der Waals surface area contributed by atoms with Crippen molar-refractivity contribution in [1.29, 1.82) is 0 Å². The first kappa shape index (κ1) is 12.5. The van der Waals surface area contributed by atoms with Crippen molar-refractivity contribution in [2.24, 2.45) is 0 Å². The van der Waals surface area contributed by atoms with Crippen molar-refractivity contribution in [3.05, 3.63) is 28.2 Å². The van der Waals surface area contributed by atoms with Gasteiger partial charge in [-0.2, -0.15) is 0 Å². The van der Waals surface area contributed by atoms with Gasteiger partial charge in [-0.1, -0.05) is 15.9 Å². The number of hydrogen-bond donors (Lipinski definition) is 2. The first-order valence-electron chi connectivity index (χ1n) is 4.44. The number of aliphatic carboxylic acids is 1. The Morgan fingerprint density at radius 2 is 2.27 bits per heavy atom. The van der Waals surface area contributed by atoms with E-state index in [-0.39, 0.29) is 17.0 Å². The van der Waals surface area contributed by atoms with Crippen LogP contribution in [0, 0.1) is 0 Å². The SMILES string of the molecule is Br.O=C(O)C1CCc2cc(Br)ccc2N1. The zero-order valence-corrected chi connectivity index (χ0v) is 11.2. The summed E-state index contributed by atoms with van der Waals surface area (Å²) in [4.78, 5) is 10.8. The molecule has 2 N–H and O–H groups in total. The van der Waals surface area contributed by atoms with Gasteiger partial charge in [0.2, 0.25) is 0 Å². The second kappa shape index (κ2) is 4.99. The fourth-order valence-corrected chi connectivity index (χ4v) is 2.06. The minimum absolute atomic E-state index is 0. The second-order valence-electron chi connectivity index (χ2n) is 3.38. The standard InChI is InChI=1S/C10H10BrNO2.BrH/c11-7-2-4-8-6(5-7)1-3-9(12-8)10(13)14;/h2,4-5,9,12H,1,3H2,(H,13,14);1H. The van der Waals surface area contributed by atoms with Gasteiger partial charge in [0.05, 0.1) is 0 Å². The van der Waals surface area contributed by atoms with Crippen LogP contribution in [0.25, 0.3) is 0 Å². The molecule has 1 aliphatic rings. The van der Waals surface area contributed by atoms with Gasteiger partial charge in [-0.25, -0.2) is 4.79 Å². The molecule has 0 aromatic heterocycles. The fraction of sp³-hybridized carbons (Fsp3) is 0.300. The summed E-state index contributed by atoms with van der Waals surface area (Å²) < 4.78 is 1.03. The van der Waals surface area contributed by atoms with Crippen molar-refractivity contribution in [3.8, 4) is 0 Å². The molecular formula is C10H11Br2NO2. The highest BCUT2D eigenvalue weighted by atomic mass is 79.9. The number of rotatable bonds is 1. The molecule has 0 saturated carbocycles. The average Bonchev–Trinajstić information content (AvgIpc) is 2.16. The third-order valence-electron chi connectivity index (χ3n) is 2.40. The Hall–Kier alpha value is -0.550. The van der Waals surface area contributed by atoms with Gasteiger partial charge >= 0.3 is 5.97 Å². The van der Waals surface area contributed by atoms with Crippen LogP contribution in [0.5, 0.6) is 0 Å². The van der Waals surface area contributed by atoms with Gasteiger partial charge in [0, 0.05) is 10.2 Å². The van der Waals surface area contributed by atoms with Crippen molar-refractivity contribution in [1.82, 2.24) is 0 Å². The number of halogens is 2. The maximum atomic E-state index is 10.8. The Morgan fingerprint density at radius 3 is 2.93 bits per heavy atom. The van der Waals surface area contributed by atoms with Crippen LogP contribution in [0.4, 0.5) is 5.69 Å². The summed E-state index contributed by atoms with van der Waals surface area (Å²) in [6.07, 6.45) is 1.47. The van der Waals surface area contributed by atoms with E-state index in [4.69, 9.17) is 5.11 Å². The molecule has 2 rings (SSSR count). The highest BCUT2D eigenvalue weighted by molar-refractivity contribution is 9.10. The summed E-state index contributed by atoms with van der Waals surface area (Å²) >= 11 is 3.39. The van der Waals surface area contributed by atoms with Gasteiger partial charge in [-0.3, -0.25) is 0 Å². The number of carbonyl (C=O) groups is 1. The first-order chi connectivity index (χ1) is 6.66. The Labute approximate surface area is 107 Å². The average molecular weight is 337 g/mol. The number of benzene rings is 1. The Morgan fingerprint density at radius 1 is 1.53 bits per heavy atom. The zero-order valence-electron chi connectivity index (χ0n) is 7.87. The van der Waals surface area contributed by atoms with E-state index < -0.39 is 12.0 Å². The van der Waals surface area contributed by atoms with Crippen molar-refractivity contribution in [3.63, 3.8) is 0 Å². The summed E-state index contributed by atoms with van der Waals surface area (Å²) in [5.41, 5.74) is 2.11. The van der Waals surface area contributed by atoms with E-state index in [9.17, 15) is 4.79 Å². The van der Waals surface area contributed by atoms with Crippen LogP contribution in [-0.4, -0.2) is 17.1 Å². The van der Waals surface area contributed by atoms with Crippen LogP contribution in [0.2, 0.25) is 0 Å². The molecule has 5 heteroatoms. The smallest absolute Gasteiger partial charge is 0.326 e. The molecule has 0 radical (unpaired) electrons. The summed E-state index contributed by atoms with van der Waals surface area (Å²) in [5, 5.41) is 11.8. The van der Waals surface area contributed by atoms with Crippen LogP contribution in [0.15, 0.2) is 22.7 Å². The summed E-state index contributed by atoms with van der Waals surface area (Å²) in [6, 6.07) is 5.41. The van der Waals surface area contributed by atoms with Gasteiger partial charge in [0.15, 0.2) is 0 Å². The molecule has 0 spiro atoms. The molecule has 0 amide bonds. The van der Waals surface area contributed by atoms with Crippen LogP contribution in [-0.2, 0) is 11.2 Å². The Bertz CT molecular complexity index is 382. The first-order valence-corrected chi connectivity index (χ1v) is 5.24. The molecule has 0 bridgehead atoms. The maximum absolute atomic E-state index is 10.8. The van der Waals surface area contributed by atoms with E-state index in [0.29, 0.717) is 6.42 Å². The number of carboxylic acid groups (broad SMARTS) is 1. The number of anilines is 1. The number of fused-ring (bicyclic) bond motifs is 1. The topological polar surface area (TPSA) is 49.3 Å². The van der Waals surface area contributed by atoms with Gasteiger partial charge in [0.1, 0.15) is 6.04 Å². The molecule has 0 aliphatic carbocycles. The van der Waals surface area contributed by atoms with Crippen LogP contribution < -0.4 is 5.32 Å². The summed E-state index contributed by atoms with van der Waals surface area (Å²) in [6.45, 7) is 0. The number of hydrogen-bond acceptors (Lipinski definition) is 2. The normalized spacial score (nSPS) is 18.3.